The minimum Gasteiger partial charge on any atom is -0.507 e. The van der Waals surface area contributed by atoms with Crippen LogP contribution in [-0.2, 0) is 0 Å². The highest BCUT2D eigenvalue weighted by Gasteiger charge is 2.34. The number of rotatable bonds is 0. The van der Waals surface area contributed by atoms with Gasteiger partial charge < -0.3 is 15.9 Å². The second kappa shape index (κ2) is 2.38. The zero-order valence-electron chi connectivity index (χ0n) is 6.87. The lowest BCUT2D eigenvalue weighted by molar-refractivity contribution is 0.0878. The number of hydrogen-bond donors (Lipinski definition) is 4. The third-order valence-corrected chi connectivity index (χ3v) is 1.99. The molecular formula is C8H6N2O4. The lowest BCUT2D eigenvalue weighted by atomic mass is 10.1. The predicted octanol–water partition coefficient (Wildman–Crippen LogP) is -0.436. The molecule has 0 aromatic heterocycles. The molecule has 1 heterocycles. The molecule has 0 unspecified atom stereocenters. The molecule has 1 aromatic carbocycles. The second-order valence-electron chi connectivity index (χ2n) is 2.87. The molecule has 0 atom stereocenters. The van der Waals surface area contributed by atoms with E-state index in [1.807, 2.05) is 5.32 Å². The molecule has 2 amide bonds. The molecule has 0 aliphatic carbocycles. The van der Waals surface area contributed by atoms with Gasteiger partial charge in [0.25, 0.3) is 11.8 Å². The van der Waals surface area contributed by atoms with Gasteiger partial charge in [-0.05, 0) is 0 Å². The Bertz CT molecular complexity index is 467. The molecule has 1 aliphatic rings. The summed E-state index contributed by atoms with van der Waals surface area (Å²) in [4.78, 5) is 22.3. The number of carbonyl (C=O) groups is 2. The number of nitrogens with one attached hydrogen (secondary N) is 1. The van der Waals surface area contributed by atoms with Gasteiger partial charge in [-0.1, -0.05) is 0 Å². The van der Waals surface area contributed by atoms with E-state index in [9.17, 15) is 19.8 Å². The minimum absolute atomic E-state index is 0.147. The molecule has 14 heavy (non-hydrogen) atoms. The fourth-order valence-electron chi connectivity index (χ4n) is 1.36. The summed E-state index contributed by atoms with van der Waals surface area (Å²) < 4.78 is 0. The topological polar surface area (TPSA) is 113 Å². The number of phenolic OH excluding ortho intramolecular Hbond substituents is 2. The van der Waals surface area contributed by atoms with E-state index in [0.29, 0.717) is 0 Å². The van der Waals surface area contributed by atoms with Crippen LogP contribution in [0.5, 0.6) is 11.5 Å². The summed E-state index contributed by atoms with van der Waals surface area (Å²) >= 11 is 0. The van der Waals surface area contributed by atoms with Crippen LogP contribution < -0.4 is 11.1 Å². The Morgan fingerprint density at radius 2 is 1.71 bits per heavy atom. The number of hydrogen-bond acceptors (Lipinski definition) is 5. The molecule has 1 aliphatic heterocycles. The Kier molecular flexibility index (Phi) is 1.42. The van der Waals surface area contributed by atoms with Crippen molar-refractivity contribution >= 4 is 17.5 Å². The van der Waals surface area contributed by atoms with Gasteiger partial charge in [0, 0.05) is 6.07 Å². The first kappa shape index (κ1) is 8.36. The van der Waals surface area contributed by atoms with Gasteiger partial charge >= 0.3 is 0 Å². The standard InChI is InChI=1S/C8H6N2O4/c9-2-1-3(11)4-5(6(2)12)8(14)10-7(4)13/h1,11-12H,9H2,(H,10,13,14). The van der Waals surface area contributed by atoms with Crippen LogP contribution in [0.3, 0.4) is 0 Å². The third-order valence-electron chi connectivity index (χ3n) is 1.99. The van der Waals surface area contributed by atoms with Gasteiger partial charge in [0.2, 0.25) is 0 Å². The van der Waals surface area contributed by atoms with Crippen molar-refractivity contribution in [2.45, 2.75) is 0 Å². The van der Waals surface area contributed by atoms with Gasteiger partial charge in [0.15, 0.2) is 5.75 Å². The van der Waals surface area contributed by atoms with Gasteiger partial charge in [0.1, 0.15) is 11.3 Å². The Morgan fingerprint density at radius 3 is 2.36 bits per heavy atom. The van der Waals surface area contributed by atoms with Crippen molar-refractivity contribution in [1.29, 1.82) is 0 Å². The van der Waals surface area contributed by atoms with E-state index in [2.05, 4.69) is 0 Å². The van der Waals surface area contributed by atoms with E-state index < -0.39 is 23.3 Å². The van der Waals surface area contributed by atoms with E-state index in [-0.39, 0.29) is 16.8 Å². The van der Waals surface area contributed by atoms with Gasteiger partial charge in [-0.25, -0.2) is 0 Å². The fourth-order valence-corrected chi connectivity index (χ4v) is 1.36. The molecule has 0 radical (unpaired) electrons. The number of fused-ring (bicyclic) bond motifs is 1. The number of imide groups is 1. The number of aromatic hydroxyl groups is 2. The predicted molar refractivity (Wildman–Crippen MR) is 46.0 cm³/mol. The van der Waals surface area contributed by atoms with Gasteiger partial charge in [-0.15, -0.1) is 0 Å². The SMILES string of the molecule is Nc1cc(O)c2c(c1O)C(=O)NC2=O. The molecule has 0 saturated heterocycles. The maximum atomic E-state index is 11.1. The van der Waals surface area contributed by atoms with Gasteiger partial charge in [0.05, 0.1) is 11.3 Å². The average Bonchev–Trinajstić information content (AvgIpc) is 2.38. The summed E-state index contributed by atoms with van der Waals surface area (Å²) in [5, 5.41) is 20.6. The highest BCUT2D eigenvalue weighted by molar-refractivity contribution is 6.24. The number of nitrogen functional groups attached to an aromatic ring is 1. The third kappa shape index (κ3) is 0.846. The Balaban J connectivity index is 2.86. The Morgan fingerprint density at radius 1 is 1.14 bits per heavy atom. The van der Waals surface area contributed by atoms with Crippen LogP contribution in [0.2, 0.25) is 0 Å². The zero-order chi connectivity index (χ0) is 10.5. The normalized spacial score (nSPS) is 14.0. The number of carbonyl (C=O) groups excluding carboxylic acids is 2. The first-order valence-corrected chi connectivity index (χ1v) is 3.72. The van der Waals surface area contributed by atoms with Crippen LogP contribution in [0.25, 0.3) is 0 Å². The largest absolute Gasteiger partial charge is 0.507 e. The van der Waals surface area contributed by atoms with Crippen LogP contribution in [0, 0.1) is 0 Å². The number of benzene rings is 1. The van der Waals surface area contributed by atoms with E-state index in [1.54, 1.807) is 0 Å². The van der Waals surface area contributed by atoms with Crippen molar-refractivity contribution in [3.05, 3.63) is 17.2 Å². The maximum absolute atomic E-state index is 11.1. The maximum Gasteiger partial charge on any atom is 0.262 e. The molecule has 6 nitrogen and oxygen atoms in total. The molecule has 5 N–H and O–H groups in total. The van der Waals surface area contributed by atoms with Crippen molar-refractivity contribution < 1.29 is 19.8 Å². The summed E-state index contributed by atoms with van der Waals surface area (Å²) in [6.07, 6.45) is 0. The summed E-state index contributed by atoms with van der Waals surface area (Å²) in [5.41, 5.74) is 4.65. The van der Waals surface area contributed by atoms with Crippen molar-refractivity contribution in [2.24, 2.45) is 0 Å². The first-order chi connectivity index (χ1) is 6.52. The van der Waals surface area contributed by atoms with Crippen molar-refractivity contribution in [1.82, 2.24) is 5.32 Å². The van der Waals surface area contributed by atoms with Crippen LogP contribution in [0.4, 0.5) is 5.69 Å². The molecule has 0 spiro atoms. The molecule has 1 aromatic rings. The van der Waals surface area contributed by atoms with Crippen LogP contribution in [-0.4, -0.2) is 22.0 Å². The van der Waals surface area contributed by atoms with E-state index in [4.69, 9.17) is 5.73 Å². The summed E-state index contributed by atoms with van der Waals surface area (Å²) in [5.74, 6) is -2.40. The highest BCUT2D eigenvalue weighted by Crippen LogP contribution is 2.37. The van der Waals surface area contributed by atoms with Crippen LogP contribution in [0.15, 0.2) is 6.07 Å². The van der Waals surface area contributed by atoms with Crippen LogP contribution >= 0.6 is 0 Å². The van der Waals surface area contributed by atoms with E-state index in [1.165, 1.54) is 0 Å². The van der Waals surface area contributed by atoms with E-state index in [0.717, 1.165) is 6.07 Å². The lowest BCUT2D eigenvalue weighted by Crippen LogP contribution is -2.20. The first-order valence-electron chi connectivity index (χ1n) is 3.72. The second-order valence-corrected chi connectivity index (χ2v) is 2.87. The number of anilines is 1. The Hall–Kier alpha value is -2.24. The summed E-state index contributed by atoms with van der Waals surface area (Å²) in [7, 11) is 0. The molecule has 0 fully saturated rings. The zero-order valence-corrected chi connectivity index (χ0v) is 6.87. The molecule has 2 rings (SSSR count). The fraction of sp³-hybridized carbons (Fsp3) is 0. The number of phenols is 2. The number of nitrogens with two attached hydrogens (primary N) is 1. The quantitative estimate of drug-likeness (QED) is 0.193. The summed E-state index contributed by atoms with van der Waals surface area (Å²) in [6, 6.07) is 1.02. The average molecular weight is 194 g/mol. The Labute approximate surface area is 78.0 Å². The molecule has 72 valence electrons. The smallest absolute Gasteiger partial charge is 0.262 e. The van der Waals surface area contributed by atoms with Gasteiger partial charge in [-0.3, -0.25) is 14.9 Å². The molecular weight excluding hydrogens is 188 g/mol. The van der Waals surface area contributed by atoms with Crippen molar-refractivity contribution in [3.63, 3.8) is 0 Å². The molecule has 0 bridgehead atoms. The highest BCUT2D eigenvalue weighted by atomic mass is 16.3. The molecule has 6 heteroatoms. The monoisotopic (exact) mass is 194 g/mol. The van der Waals surface area contributed by atoms with E-state index >= 15 is 0 Å². The lowest BCUT2D eigenvalue weighted by Gasteiger charge is -2.04. The molecule has 0 saturated carbocycles. The van der Waals surface area contributed by atoms with Gasteiger partial charge in [-0.2, -0.15) is 0 Å². The van der Waals surface area contributed by atoms with Crippen LogP contribution in [0.1, 0.15) is 20.7 Å². The van der Waals surface area contributed by atoms with Crippen molar-refractivity contribution in [3.8, 4) is 11.5 Å². The van der Waals surface area contributed by atoms with Crippen molar-refractivity contribution in [2.75, 3.05) is 5.73 Å². The number of amides is 2. The summed E-state index contributed by atoms with van der Waals surface area (Å²) in [6.45, 7) is 0. The minimum atomic E-state index is -0.759.